The van der Waals surface area contributed by atoms with Gasteiger partial charge >= 0.3 is 0 Å². The first-order valence-electron chi connectivity index (χ1n) is 11.0. The summed E-state index contributed by atoms with van der Waals surface area (Å²) in [5.41, 5.74) is 4.83. The van der Waals surface area contributed by atoms with Gasteiger partial charge in [0.2, 0.25) is 5.91 Å². The standard InChI is InChI=1S/C24H25FN4OS/c1-27-21-6-2-4-16-18-13-28(11-9-20(18)29(24(16)21)14-23(27)30)10-3-5-19-17-8-7-15(25)12-22(17)31-26-19/h2,4,6-8,12,18,20H,3,5,9-11,13-14H2,1H3/t18-,20-/m0/s1. The fourth-order valence-electron chi connectivity index (χ4n) is 5.68. The van der Waals surface area contributed by atoms with Gasteiger partial charge in [-0.25, -0.2) is 4.39 Å². The number of fused-ring (bicyclic) bond motifs is 4. The van der Waals surface area contributed by atoms with E-state index in [2.05, 4.69) is 32.4 Å². The molecular formula is C24H25FN4OS. The van der Waals surface area contributed by atoms with Crippen LogP contribution in [0.15, 0.2) is 36.4 Å². The lowest BCUT2D eigenvalue weighted by Crippen LogP contribution is -2.51. The molecule has 2 aromatic carbocycles. The first-order chi connectivity index (χ1) is 15.1. The predicted molar refractivity (Wildman–Crippen MR) is 123 cm³/mol. The number of halogens is 1. The number of nitrogens with zero attached hydrogens (tertiary/aromatic N) is 4. The predicted octanol–water partition coefficient (Wildman–Crippen LogP) is 4.02. The summed E-state index contributed by atoms with van der Waals surface area (Å²) < 4.78 is 18.9. The maximum atomic E-state index is 13.4. The SMILES string of the molecule is CN1C(=O)CN2c3c(cccc31)[C@@H]1CN(CCCc3nsc4cc(F)ccc34)CC[C@@H]12. The third kappa shape index (κ3) is 3.05. The van der Waals surface area contributed by atoms with E-state index in [4.69, 9.17) is 0 Å². The minimum atomic E-state index is -0.198. The van der Waals surface area contributed by atoms with Crippen LogP contribution in [0.25, 0.3) is 10.1 Å². The summed E-state index contributed by atoms with van der Waals surface area (Å²) in [4.78, 5) is 19.3. The van der Waals surface area contributed by atoms with Gasteiger partial charge in [0.15, 0.2) is 0 Å². The van der Waals surface area contributed by atoms with Crippen molar-refractivity contribution in [1.29, 1.82) is 0 Å². The van der Waals surface area contributed by atoms with Crippen molar-refractivity contribution in [3.8, 4) is 0 Å². The number of aryl methyl sites for hydroxylation is 1. The fourth-order valence-corrected chi connectivity index (χ4v) is 6.53. The van der Waals surface area contributed by atoms with E-state index in [9.17, 15) is 9.18 Å². The molecule has 5 nitrogen and oxygen atoms in total. The highest BCUT2D eigenvalue weighted by Gasteiger charge is 2.46. The maximum Gasteiger partial charge on any atom is 0.246 e. The summed E-state index contributed by atoms with van der Waals surface area (Å²) in [5, 5.41) is 1.09. The third-order valence-electron chi connectivity index (χ3n) is 7.23. The summed E-state index contributed by atoms with van der Waals surface area (Å²) in [5.74, 6) is 0.450. The van der Waals surface area contributed by atoms with Gasteiger partial charge in [-0.05, 0) is 67.2 Å². The molecule has 3 aromatic rings. The molecule has 1 aromatic heterocycles. The van der Waals surface area contributed by atoms with Gasteiger partial charge in [-0.1, -0.05) is 12.1 Å². The number of likely N-dealkylation sites (tertiary alicyclic amines) is 1. The Kier molecular flexibility index (Phi) is 4.51. The van der Waals surface area contributed by atoms with E-state index in [1.54, 1.807) is 6.07 Å². The Bertz CT molecular complexity index is 1180. The maximum absolute atomic E-state index is 13.4. The van der Waals surface area contributed by atoms with E-state index >= 15 is 0 Å². The Morgan fingerprint density at radius 1 is 1.26 bits per heavy atom. The molecule has 0 saturated carbocycles. The molecule has 3 aliphatic rings. The average molecular weight is 437 g/mol. The number of carbonyl (C=O) groups excluding carboxylic acids is 1. The first kappa shape index (κ1) is 19.2. The van der Waals surface area contributed by atoms with Crippen LogP contribution >= 0.6 is 11.5 Å². The normalized spacial score (nSPS) is 22.8. The van der Waals surface area contributed by atoms with Crippen molar-refractivity contribution >= 4 is 38.9 Å². The molecule has 3 aliphatic heterocycles. The molecule has 0 unspecified atom stereocenters. The van der Waals surface area contributed by atoms with Crippen molar-refractivity contribution in [2.75, 3.05) is 43.0 Å². The minimum absolute atomic E-state index is 0.183. The smallest absolute Gasteiger partial charge is 0.246 e. The molecule has 31 heavy (non-hydrogen) atoms. The lowest BCUT2D eigenvalue weighted by atomic mass is 9.89. The monoisotopic (exact) mass is 436 g/mol. The third-order valence-corrected chi connectivity index (χ3v) is 8.08. The van der Waals surface area contributed by atoms with Gasteiger partial charge in [0.1, 0.15) is 5.82 Å². The van der Waals surface area contributed by atoms with Gasteiger partial charge in [-0.15, -0.1) is 0 Å². The van der Waals surface area contributed by atoms with Crippen LogP contribution in [0.4, 0.5) is 15.8 Å². The molecule has 1 amide bonds. The van der Waals surface area contributed by atoms with E-state index in [-0.39, 0.29) is 11.7 Å². The van der Waals surface area contributed by atoms with Gasteiger partial charge in [0, 0.05) is 37.5 Å². The van der Waals surface area contributed by atoms with Crippen molar-refractivity contribution in [2.45, 2.75) is 31.2 Å². The highest BCUT2D eigenvalue weighted by molar-refractivity contribution is 7.13. The highest BCUT2D eigenvalue weighted by atomic mass is 32.1. The van der Waals surface area contributed by atoms with E-state index in [1.165, 1.54) is 28.8 Å². The first-order valence-corrected chi connectivity index (χ1v) is 11.8. The minimum Gasteiger partial charge on any atom is -0.357 e. The van der Waals surface area contributed by atoms with Crippen LogP contribution < -0.4 is 9.80 Å². The quantitative estimate of drug-likeness (QED) is 0.619. The van der Waals surface area contributed by atoms with Gasteiger partial charge < -0.3 is 14.7 Å². The van der Waals surface area contributed by atoms with Crippen molar-refractivity contribution in [2.24, 2.45) is 0 Å². The summed E-state index contributed by atoms with van der Waals surface area (Å²) in [7, 11) is 1.89. The second kappa shape index (κ2) is 7.28. The molecule has 1 saturated heterocycles. The lowest BCUT2D eigenvalue weighted by molar-refractivity contribution is -0.117. The Morgan fingerprint density at radius 3 is 3.06 bits per heavy atom. The Labute approximate surface area is 185 Å². The zero-order valence-electron chi connectivity index (χ0n) is 17.6. The molecule has 0 N–H and O–H groups in total. The number of piperidine rings is 1. The summed E-state index contributed by atoms with van der Waals surface area (Å²) in [6, 6.07) is 11.8. The number of anilines is 2. The number of aromatic nitrogens is 1. The fraction of sp³-hybridized carbons (Fsp3) is 0.417. The second-order valence-corrected chi connectivity index (χ2v) is 9.74. The number of likely N-dealkylation sites (N-methyl/N-ethyl adjacent to an activating group) is 1. The van der Waals surface area contributed by atoms with Crippen molar-refractivity contribution in [1.82, 2.24) is 9.27 Å². The zero-order valence-corrected chi connectivity index (χ0v) is 18.4. The Morgan fingerprint density at radius 2 is 2.16 bits per heavy atom. The van der Waals surface area contributed by atoms with E-state index in [0.717, 1.165) is 60.4 Å². The largest absolute Gasteiger partial charge is 0.357 e. The van der Waals surface area contributed by atoms with Crippen LogP contribution in [-0.4, -0.2) is 54.4 Å². The number of hydrogen-bond acceptors (Lipinski definition) is 5. The summed E-state index contributed by atoms with van der Waals surface area (Å²) in [6.45, 7) is 3.64. The Balaban J connectivity index is 1.15. The van der Waals surface area contributed by atoms with Crippen LogP contribution in [-0.2, 0) is 11.2 Å². The molecule has 2 atom stereocenters. The molecule has 6 rings (SSSR count). The van der Waals surface area contributed by atoms with Crippen LogP contribution in [0.2, 0.25) is 0 Å². The molecule has 1 fully saturated rings. The van der Waals surface area contributed by atoms with Crippen LogP contribution in [0, 0.1) is 5.82 Å². The van der Waals surface area contributed by atoms with E-state index in [1.807, 2.05) is 18.0 Å². The van der Waals surface area contributed by atoms with Crippen molar-refractivity contribution in [3.63, 3.8) is 0 Å². The summed E-state index contributed by atoms with van der Waals surface area (Å²) in [6.07, 6.45) is 3.06. The lowest BCUT2D eigenvalue weighted by Gasteiger charge is -2.40. The molecule has 0 bridgehead atoms. The van der Waals surface area contributed by atoms with Crippen molar-refractivity contribution < 1.29 is 9.18 Å². The van der Waals surface area contributed by atoms with Crippen molar-refractivity contribution in [3.05, 3.63) is 53.5 Å². The average Bonchev–Trinajstić information content (AvgIpc) is 3.31. The van der Waals surface area contributed by atoms with Gasteiger partial charge in [0.25, 0.3) is 0 Å². The van der Waals surface area contributed by atoms with Crippen LogP contribution in [0.5, 0.6) is 0 Å². The van der Waals surface area contributed by atoms with E-state index in [0.29, 0.717) is 18.5 Å². The van der Waals surface area contributed by atoms with E-state index < -0.39 is 0 Å². The number of hydrogen-bond donors (Lipinski definition) is 0. The molecule has 0 radical (unpaired) electrons. The molecule has 7 heteroatoms. The number of amides is 1. The van der Waals surface area contributed by atoms with Gasteiger partial charge in [-0.3, -0.25) is 4.79 Å². The molecule has 0 spiro atoms. The molecule has 0 aliphatic carbocycles. The van der Waals surface area contributed by atoms with Crippen LogP contribution in [0.3, 0.4) is 0 Å². The number of benzene rings is 2. The zero-order chi connectivity index (χ0) is 21.1. The van der Waals surface area contributed by atoms with Crippen LogP contribution in [0.1, 0.15) is 30.0 Å². The number of rotatable bonds is 4. The Hall–Kier alpha value is -2.51. The van der Waals surface area contributed by atoms with Gasteiger partial charge in [0.05, 0.1) is 28.3 Å². The molecular weight excluding hydrogens is 411 g/mol. The highest BCUT2D eigenvalue weighted by Crippen LogP contribution is 2.50. The molecule has 160 valence electrons. The topological polar surface area (TPSA) is 39.7 Å². The molecule has 4 heterocycles. The second-order valence-electron chi connectivity index (χ2n) is 8.93. The van der Waals surface area contributed by atoms with Gasteiger partial charge in [-0.2, -0.15) is 4.37 Å². The number of carbonyl (C=O) groups is 1. The number of para-hydroxylation sites is 1. The summed E-state index contributed by atoms with van der Waals surface area (Å²) >= 11 is 1.39.